The maximum absolute atomic E-state index is 4.94. The molecule has 0 radical (unpaired) electrons. The molecule has 0 saturated carbocycles. The second-order valence-corrected chi connectivity index (χ2v) is 7.48. The first-order valence-electron chi connectivity index (χ1n) is 8.92. The largest absolute Gasteiger partial charge is 0.286 e. The van der Waals surface area contributed by atoms with E-state index in [1.807, 2.05) is 12.1 Å². The van der Waals surface area contributed by atoms with Crippen LogP contribution in [0.5, 0.6) is 0 Å². The summed E-state index contributed by atoms with van der Waals surface area (Å²) in [5.41, 5.74) is 8.12. The van der Waals surface area contributed by atoms with E-state index >= 15 is 0 Å². The number of anilines is 3. The molecule has 4 aromatic rings. The molecule has 0 saturated heterocycles. The van der Waals surface area contributed by atoms with Crippen LogP contribution in [0.4, 0.5) is 16.5 Å². The van der Waals surface area contributed by atoms with Gasteiger partial charge in [-0.1, -0.05) is 24.3 Å². The number of para-hydroxylation sites is 1. The maximum Gasteiger partial charge on any atom is 0.195 e. The Morgan fingerprint density at radius 3 is 2.33 bits per heavy atom. The molecule has 134 valence electrons. The van der Waals surface area contributed by atoms with E-state index in [0.29, 0.717) is 0 Å². The number of thiazole rings is 1. The van der Waals surface area contributed by atoms with Crippen molar-refractivity contribution in [2.45, 2.75) is 20.8 Å². The zero-order valence-electron chi connectivity index (χ0n) is 15.7. The molecule has 0 bridgehead atoms. The molecule has 2 aromatic carbocycles. The van der Waals surface area contributed by atoms with Gasteiger partial charge in [-0.25, -0.2) is 4.98 Å². The molecule has 0 aliphatic rings. The highest BCUT2D eigenvalue weighted by Gasteiger charge is 2.18. The Bertz CT molecular complexity index is 1070. The molecule has 0 unspecified atom stereocenters. The zero-order chi connectivity index (χ0) is 18.8. The van der Waals surface area contributed by atoms with Gasteiger partial charge < -0.3 is 0 Å². The van der Waals surface area contributed by atoms with E-state index < -0.39 is 0 Å². The van der Waals surface area contributed by atoms with Crippen molar-refractivity contribution in [2.75, 3.05) is 4.90 Å². The molecule has 2 heterocycles. The summed E-state index contributed by atoms with van der Waals surface area (Å²) in [7, 11) is 0. The van der Waals surface area contributed by atoms with Gasteiger partial charge in [0.25, 0.3) is 0 Å². The molecule has 0 spiro atoms. The van der Waals surface area contributed by atoms with Crippen LogP contribution in [0.15, 0.2) is 72.4 Å². The van der Waals surface area contributed by atoms with Crippen molar-refractivity contribution in [1.82, 2.24) is 9.97 Å². The average molecular weight is 372 g/mol. The van der Waals surface area contributed by atoms with E-state index in [9.17, 15) is 0 Å². The molecule has 0 amide bonds. The zero-order valence-corrected chi connectivity index (χ0v) is 16.5. The summed E-state index contributed by atoms with van der Waals surface area (Å²) < 4.78 is 0. The fourth-order valence-electron chi connectivity index (χ4n) is 3.05. The number of nitrogens with zero attached hydrogens (tertiary/aromatic N) is 3. The van der Waals surface area contributed by atoms with Crippen molar-refractivity contribution in [3.05, 3.63) is 89.1 Å². The molecule has 0 aliphatic heterocycles. The fourth-order valence-corrected chi connectivity index (χ4v) is 3.92. The lowest BCUT2D eigenvalue weighted by molar-refractivity contribution is 1.20. The van der Waals surface area contributed by atoms with Gasteiger partial charge in [-0.3, -0.25) is 9.88 Å². The number of aromatic nitrogens is 2. The third-order valence-corrected chi connectivity index (χ3v) is 5.59. The monoisotopic (exact) mass is 371 g/mol. The molecule has 27 heavy (non-hydrogen) atoms. The fraction of sp³-hybridized carbons (Fsp3) is 0.130. The van der Waals surface area contributed by atoms with Gasteiger partial charge in [-0.15, -0.1) is 11.3 Å². The van der Waals surface area contributed by atoms with Crippen molar-refractivity contribution < 1.29 is 0 Å². The van der Waals surface area contributed by atoms with Crippen molar-refractivity contribution >= 4 is 27.8 Å². The molecule has 4 rings (SSSR count). The Labute approximate surface area is 164 Å². The first-order chi connectivity index (χ1) is 13.1. The second kappa shape index (κ2) is 7.33. The predicted molar refractivity (Wildman–Crippen MR) is 114 cm³/mol. The van der Waals surface area contributed by atoms with E-state index in [0.717, 1.165) is 27.8 Å². The topological polar surface area (TPSA) is 29.0 Å². The van der Waals surface area contributed by atoms with Crippen molar-refractivity contribution in [3.63, 3.8) is 0 Å². The van der Waals surface area contributed by atoms with Gasteiger partial charge in [-0.05, 0) is 67.8 Å². The average Bonchev–Trinajstić information content (AvgIpc) is 3.17. The Balaban J connectivity index is 1.85. The van der Waals surface area contributed by atoms with Crippen molar-refractivity contribution in [2.24, 2.45) is 0 Å². The summed E-state index contributed by atoms with van der Waals surface area (Å²) in [6.07, 6.45) is 3.60. The van der Waals surface area contributed by atoms with Gasteiger partial charge in [0, 0.05) is 29.0 Å². The first kappa shape index (κ1) is 17.4. The smallest absolute Gasteiger partial charge is 0.195 e. The molecule has 3 nitrogen and oxygen atoms in total. The van der Waals surface area contributed by atoms with Crippen LogP contribution in [0.1, 0.15) is 16.7 Å². The van der Waals surface area contributed by atoms with E-state index in [-0.39, 0.29) is 0 Å². The number of aryl methyl sites for hydroxylation is 3. The van der Waals surface area contributed by atoms with Crippen LogP contribution in [-0.4, -0.2) is 9.97 Å². The van der Waals surface area contributed by atoms with Crippen LogP contribution >= 0.6 is 11.3 Å². The van der Waals surface area contributed by atoms with Crippen LogP contribution in [-0.2, 0) is 0 Å². The van der Waals surface area contributed by atoms with Gasteiger partial charge in [-0.2, -0.15) is 0 Å². The quantitative estimate of drug-likeness (QED) is 0.405. The van der Waals surface area contributed by atoms with Crippen molar-refractivity contribution in [1.29, 1.82) is 0 Å². The van der Waals surface area contributed by atoms with Gasteiger partial charge in [0.05, 0.1) is 11.4 Å². The Kier molecular flexibility index (Phi) is 4.73. The van der Waals surface area contributed by atoms with Crippen LogP contribution in [0.2, 0.25) is 0 Å². The van der Waals surface area contributed by atoms with E-state index in [1.54, 1.807) is 23.7 Å². The summed E-state index contributed by atoms with van der Waals surface area (Å²) in [5, 5.41) is 3.07. The third kappa shape index (κ3) is 3.49. The summed E-state index contributed by atoms with van der Waals surface area (Å²) in [6.45, 7) is 6.43. The number of benzene rings is 2. The van der Waals surface area contributed by atoms with Crippen LogP contribution in [0.3, 0.4) is 0 Å². The SMILES string of the molecule is Cc1ccc(N(c2nc(-c3ccncc3)cs2)c2ccccc2C)cc1C. The summed E-state index contributed by atoms with van der Waals surface area (Å²) in [5.74, 6) is 0. The number of rotatable bonds is 4. The van der Waals surface area contributed by atoms with Crippen molar-refractivity contribution in [3.8, 4) is 11.3 Å². The van der Waals surface area contributed by atoms with Crippen LogP contribution in [0, 0.1) is 20.8 Å². The Morgan fingerprint density at radius 2 is 1.59 bits per heavy atom. The lowest BCUT2D eigenvalue weighted by Crippen LogP contribution is -2.11. The van der Waals surface area contributed by atoms with E-state index in [4.69, 9.17) is 4.98 Å². The third-order valence-electron chi connectivity index (χ3n) is 4.76. The molecule has 4 heteroatoms. The van der Waals surface area contributed by atoms with Crippen LogP contribution < -0.4 is 4.90 Å². The van der Waals surface area contributed by atoms with Gasteiger partial charge in [0.1, 0.15) is 0 Å². The Morgan fingerprint density at radius 1 is 0.815 bits per heavy atom. The molecule has 0 atom stereocenters. The highest BCUT2D eigenvalue weighted by molar-refractivity contribution is 7.14. The normalized spacial score (nSPS) is 10.8. The molecular weight excluding hydrogens is 350 g/mol. The van der Waals surface area contributed by atoms with Gasteiger partial charge in [0.15, 0.2) is 5.13 Å². The lowest BCUT2D eigenvalue weighted by atomic mass is 10.1. The molecule has 0 N–H and O–H groups in total. The maximum atomic E-state index is 4.94. The minimum atomic E-state index is 0.958. The molecule has 0 fully saturated rings. The predicted octanol–water partition coefficient (Wildman–Crippen LogP) is 6.60. The standard InChI is InChI=1S/C23H21N3S/c1-16-8-9-20(14-18(16)3)26(22-7-5-4-6-17(22)2)23-25-21(15-27-23)19-10-12-24-13-11-19/h4-15H,1-3H3. The van der Waals surface area contributed by atoms with Gasteiger partial charge in [0.2, 0.25) is 0 Å². The van der Waals surface area contributed by atoms with Crippen LogP contribution in [0.25, 0.3) is 11.3 Å². The summed E-state index contributed by atoms with van der Waals surface area (Å²) in [6, 6.07) is 19.0. The van der Waals surface area contributed by atoms with E-state index in [2.05, 4.69) is 78.5 Å². The number of hydrogen-bond acceptors (Lipinski definition) is 4. The number of pyridine rings is 1. The lowest BCUT2D eigenvalue weighted by Gasteiger charge is -2.24. The Hall–Kier alpha value is -2.98. The number of hydrogen-bond donors (Lipinski definition) is 0. The van der Waals surface area contributed by atoms with Gasteiger partial charge >= 0.3 is 0 Å². The minimum absolute atomic E-state index is 0.958. The minimum Gasteiger partial charge on any atom is -0.286 e. The summed E-state index contributed by atoms with van der Waals surface area (Å²) in [4.78, 5) is 11.3. The van der Waals surface area contributed by atoms with E-state index in [1.165, 1.54) is 16.7 Å². The summed E-state index contributed by atoms with van der Waals surface area (Å²) >= 11 is 1.66. The highest BCUT2D eigenvalue weighted by Crippen LogP contribution is 2.39. The molecule has 2 aromatic heterocycles. The second-order valence-electron chi connectivity index (χ2n) is 6.64. The highest BCUT2D eigenvalue weighted by atomic mass is 32.1. The first-order valence-corrected chi connectivity index (χ1v) is 9.80. The molecule has 0 aliphatic carbocycles. The molecular formula is C23H21N3S.